The number of hydrogen-bond donors (Lipinski definition) is 0. The molecule has 0 amide bonds. The third kappa shape index (κ3) is 5.18. The molecule has 1 aliphatic heterocycles. The van der Waals surface area contributed by atoms with Crippen LogP contribution in [0.15, 0.2) is 97.1 Å². The Morgan fingerprint density at radius 1 is 0.735 bits per heavy atom. The lowest BCUT2D eigenvalue weighted by atomic mass is 9.96. The molecule has 172 valence electrons. The van der Waals surface area contributed by atoms with Gasteiger partial charge in [-0.3, -0.25) is 0 Å². The van der Waals surface area contributed by atoms with Crippen LogP contribution in [0.2, 0.25) is 0 Å². The molecule has 0 saturated carbocycles. The third-order valence-electron chi connectivity index (χ3n) is 6.04. The molecule has 1 atom stereocenters. The first-order chi connectivity index (χ1) is 16.8. The molecule has 34 heavy (non-hydrogen) atoms. The van der Waals surface area contributed by atoms with Crippen molar-refractivity contribution in [3.8, 4) is 23.0 Å². The average Bonchev–Trinajstić information content (AvgIpc) is 2.91. The Balaban J connectivity index is 1.33. The van der Waals surface area contributed by atoms with E-state index in [1.54, 1.807) is 7.11 Å². The normalized spacial score (nSPS) is 14.6. The number of aryl methyl sites for hydroxylation is 1. The minimum Gasteiger partial charge on any atom is -0.497 e. The van der Waals surface area contributed by atoms with E-state index in [1.807, 2.05) is 66.7 Å². The van der Waals surface area contributed by atoms with Crippen LogP contribution in [0, 0.1) is 0 Å². The summed E-state index contributed by atoms with van der Waals surface area (Å²) >= 11 is 0. The Kier molecular flexibility index (Phi) is 6.66. The predicted octanol–water partition coefficient (Wildman–Crippen LogP) is 6.92. The molecule has 1 heterocycles. The van der Waals surface area contributed by atoms with Crippen LogP contribution in [0.25, 0.3) is 0 Å². The van der Waals surface area contributed by atoms with Crippen molar-refractivity contribution in [1.82, 2.24) is 0 Å². The summed E-state index contributed by atoms with van der Waals surface area (Å²) in [6.45, 7) is 1.01. The fraction of sp³-hybridized carbons (Fsp3) is 0.200. The van der Waals surface area contributed by atoms with E-state index in [1.165, 1.54) is 5.56 Å². The molecule has 4 heteroatoms. The summed E-state index contributed by atoms with van der Waals surface area (Å²) in [6, 6.07) is 32.4. The van der Waals surface area contributed by atoms with Crippen LogP contribution in [-0.4, -0.2) is 7.11 Å². The molecule has 0 fully saturated rings. The summed E-state index contributed by atoms with van der Waals surface area (Å²) in [6.07, 6.45) is 1.71. The van der Waals surface area contributed by atoms with Gasteiger partial charge in [-0.1, -0.05) is 66.7 Å². The van der Waals surface area contributed by atoms with E-state index < -0.39 is 0 Å². The Labute approximate surface area is 200 Å². The quantitative estimate of drug-likeness (QED) is 0.291. The van der Waals surface area contributed by atoms with Crippen molar-refractivity contribution in [1.29, 1.82) is 0 Å². The zero-order valence-electron chi connectivity index (χ0n) is 19.3. The zero-order valence-corrected chi connectivity index (χ0v) is 19.3. The second-order valence-corrected chi connectivity index (χ2v) is 8.37. The maximum Gasteiger partial charge on any atom is 0.130 e. The smallest absolute Gasteiger partial charge is 0.130 e. The first-order valence-corrected chi connectivity index (χ1v) is 11.6. The molecule has 4 aromatic carbocycles. The molecule has 0 radical (unpaired) electrons. The number of rotatable bonds is 8. The molecular weight excluding hydrogens is 424 g/mol. The molecule has 1 aliphatic rings. The first kappa shape index (κ1) is 21.9. The summed E-state index contributed by atoms with van der Waals surface area (Å²) in [5.74, 6) is 3.22. The van der Waals surface area contributed by atoms with Gasteiger partial charge in [0, 0.05) is 17.7 Å². The fourth-order valence-corrected chi connectivity index (χ4v) is 4.17. The highest BCUT2D eigenvalue weighted by Crippen LogP contribution is 2.41. The summed E-state index contributed by atoms with van der Waals surface area (Å²) < 4.78 is 24.2. The lowest BCUT2D eigenvalue weighted by Gasteiger charge is -2.28. The van der Waals surface area contributed by atoms with Crippen LogP contribution < -0.4 is 18.9 Å². The Hall–Kier alpha value is -3.92. The molecule has 0 bridgehead atoms. The van der Waals surface area contributed by atoms with Crippen LogP contribution in [0.3, 0.4) is 0 Å². The number of ether oxygens (including phenoxy) is 4. The van der Waals surface area contributed by atoms with Crippen LogP contribution in [0.5, 0.6) is 23.0 Å². The van der Waals surface area contributed by atoms with Gasteiger partial charge in [0.15, 0.2) is 0 Å². The SMILES string of the molecule is COc1ccc(C2CCc3ccc(OCc4ccccc4)cc3O2)c(OCc2ccccc2)c1. The van der Waals surface area contributed by atoms with E-state index >= 15 is 0 Å². The van der Waals surface area contributed by atoms with E-state index in [9.17, 15) is 0 Å². The topological polar surface area (TPSA) is 36.9 Å². The Morgan fingerprint density at radius 2 is 1.41 bits per heavy atom. The van der Waals surface area contributed by atoms with Crippen molar-refractivity contribution in [2.24, 2.45) is 0 Å². The molecule has 0 saturated heterocycles. The Morgan fingerprint density at radius 3 is 2.12 bits per heavy atom. The van der Waals surface area contributed by atoms with Gasteiger partial charge < -0.3 is 18.9 Å². The van der Waals surface area contributed by atoms with Gasteiger partial charge in [0.25, 0.3) is 0 Å². The molecule has 4 aromatic rings. The molecule has 0 spiro atoms. The van der Waals surface area contributed by atoms with Gasteiger partial charge in [0.1, 0.15) is 42.3 Å². The zero-order chi connectivity index (χ0) is 23.2. The summed E-state index contributed by atoms with van der Waals surface area (Å²) in [7, 11) is 1.67. The minimum atomic E-state index is -0.103. The van der Waals surface area contributed by atoms with Gasteiger partial charge in [-0.2, -0.15) is 0 Å². The minimum absolute atomic E-state index is 0.103. The fourth-order valence-electron chi connectivity index (χ4n) is 4.17. The van der Waals surface area contributed by atoms with Crippen LogP contribution in [0.1, 0.15) is 34.8 Å². The van der Waals surface area contributed by atoms with Crippen molar-refractivity contribution in [3.63, 3.8) is 0 Å². The average molecular weight is 453 g/mol. The first-order valence-electron chi connectivity index (χ1n) is 11.6. The largest absolute Gasteiger partial charge is 0.497 e. The third-order valence-corrected chi connectivity index (χ3v) is 6.04. The monoisotopic (exact) mass is 452 g/mol. The number of methoxy groups -OCH3 is 1. The van der Waals surface area contributed by atoms with Crippen molar-refractivity contribution in [2.45, 2.75) is 32.2 Å². The molecule has 0 aromatic heterocycles. The molecular formula is C30H28O4. The number of fused-ring (bicyclic) bond motifs is 1. The van der Waals surface area contributed by atoms with Gasteiger partial charge in [0.2, 0.25) is 0 Å². The maximum atomic E-state index is 6.48. The molecule has 0 N–H and O–H groups in total. The molecule has 4 nitrogen and oxygen atoms in total. The van der Waals surface area contributed by atoms with E-state index in [4.69, 9.17) is 18.9 Å². The molecule has 5 rings (SSSR count). The van der Waals surface area contributed by atoms with Crippen molar-refractivity contribution in [3.05, 3.63) is 119 Å². The number of benzene rings is 4. The maximum absolute atomic E-state index is 6.48. The van der Waals surface area contributed by atoms with Crippen LogP contribution >= 0.6 is 0 Å². The van der Waals surface area contributed by atoms with Gasteiger partial charge in [-0.25, -0.2) is 0 Å². The second kappa shape index (κ2) is 10.3. The van der Waals surface area contributed by atoms with Gasteiger partial charge in [0.05, 0.1) is 7.11 Å². The highest BCUT2D eigenvalue weighted by molar-refractivity contribution is 5.46. The Bertz CT molecular complexity index is 1220. The second-order valence-electron chi connectivity index (χ2n) is 8.37. The summed E-state index contributed by atoms with van der Waals surface area (Å²) in [5.41, 5.74) is 4.48. The van der Waals surface area contributed by atoms with Crippen molar-refractivity contribution < 1.29 is 18.9 Å². The number of hydrogen-bond acceptors (Lipinski definition) is 4. The van der Waals surface area contributed by atoms with Gasteiger partial charge in [-0.05, 0) is 47.7 Å². The predicted molar refractivity (Wildman–Crippen MR) is 133 cm³/mol. The highest BCUT2D eigenvalue weighted by Gasteiger charge is 2.25. The van der Waals surface area contributed by atoms with Crippen molar-refractivity contribution >= 4 is 0 Å². The molecule has 1 unspecified atom stereocenters. The molecule has 0 aliphatic carbocycles. The van der Waals surface area contributed by atoms with E-state index in [-0.39, 0.29) is 6.10 Å². The van der Waals surface area contributed by atoms with E-state index in [0.717, 1.165) is 52.5 Å². The lowest BCUT2D eigenvalue weighted by molar-refractivity contribution is 0.168. The highest BCUT2D eigenvalue weighted by atomic mass is 16.5. The van der Waals surface area contributed by atoms with Gasteiger partial charge in [-0.15, -0.1) is 0 Å². The van der Waals surface area contributed by atoms with Gasteiger partial charge >= 0.3 is 0 Å². The summed E-state index contributed by atoms with van der Waals surface area (Å²) in [4.78, 5) is 0. The van der Waals surface area contributed by atoms with E-state index in [0.29, 0.717) is 13.2 Å². The van der Waals surface area contributed by atoms with E-state index in [2.05, 4.69) is 30.3 Å². The van der Waals surface area contributed by atoms with Crippen molar-refractivity contribution in [2.75, 3.05) is 7.11 Å². The standard InChI is InChI=1S/C30H28O4/c1-31-25-15-16-27(30(18-25)33-21-23-10-6-3-7-11-23)28-17-13-24-12-14-26(19-29(24)34-28)32-20-22-8-4-2-5-9-22/h2-12,14-16,18-19,28H,13,17,20-21H2,1H3. The van der Waals surface area contributed by atoms with Crippen LogP contribution in [0.4, 0.5) is 0 Å². The lowest BCUT2D eigenvalue weighted by Crippen LogP contribution is -2.16. The van der Waals surface area contributed by atoms with Crippen LogP contribution in [-0.2, 0) is 19.6 Å². The summed E-state index contributed by atoms with van der Waals surface area (Å²) in [5, 5.41) is 0.